The second kappa shape index (κ2) is 11.3. The van der Waals surface area contributed by atoms with Crippen molar-refractivity contribution < 1.29 is 14.3 Å². The number of carbonyl (C=O) groups is 2. The first kappa shape index (κ1) is 26.5. The first-order valence-electron chi connectivity index (χ1n) is 13.6. The molecule has 0 radical (unpaired) electrons. The van der Waals surface area contributed by atoms with Gasteiger partial charge in [-0.25, -0.2) is 4.79 Å². The van der Waals surface area contributed by atoms with Gasteiger partial charge in [-0.05, 0) is 45.2 Å². The van der Waals surface area contributed by atoms with Gasteiger partial charge in [0, 0.05) is 37.3 Å². The summed E-state index contributed by atoms with van der Waals surface area (Å²) in [5.41, 5.74) is 5.08. The standard InChI is InChI=1S/C32H36N4O3/c1-32(2,3)39-31(38)36-21-19-35(20-22-36)27-16-10-15-25-28(24-13-8-5-9-14-24)33-26(30(37)34-29(25)27)18-17-23-11-6-4-7-12-23/h4-16,26H,17-22H2,1-3H3,(H,34,37)/t26-/m1/s1. The molecule has 3 aromatic carbocycles. The lowest BCUT2D eigenvalue weighted by atomic mass is 9.99. The highest BCUT2D eigenvalue weighted by Crippen LogP contribution is 2.35. The molecule has 5 rings (SSSR count). The van der Waals surface area contributed by atoms with Gasteiger partial charge in [-0.2, -0.15) is 0 Å². The maximum absolute atomic E-state index is 13.6. The average Bonchev–Trinajstić information content (AvgIpc) is 3.08. The van der Waals surface area contributed by atoms with Crippen LogP contribution in [0.3, 0.4) is 0 Å². The summed E-state index contributed by atoms with van der Waals surface area (Å²) in [6.07, 6.45) is 1.09. The maximum atomic E-state index is 13.6. The van der Waals surface area contributed by atoms with Crippen LogP contribution in [0, 0.1) is 0 Å². The van der Waals surface area contributed by atoms with E-state index < -0.39 is 11.6 Å². The number of nitrogens with zero attached hydrogens (tertiary/aromatic N) is 3. The molecule has 39 heavy (non-hydrogen) atoms. The van der Waals surface area contributed by atoms with Crippen LogP contribution in [0.5, 0.6) is 0 Å². The predicted octanol–water partition coefficient (Wildman–Crippen LogP) is 5.53. The molecule has 2 aliphatic heterocycles. The van der Waals surface area contributed by atoms with Crippen LogP contribution in [0.1, 0.15) is 43.9 Å². The van der Waals surface area contributed by atoms with Crippen LogP contribution in [0.15, 0.2) is 83.9 Å². The Hall–Kier alpha value is -4.13. The zero-order valence-corrected chi connectivity index (χ0v) is 22.9. The van der Waals surface area contributed by atoms with Gasteiger partial charge in [-0.1, -0.05) is 72.8 Å². The highest BCUT2D eigenvalue weighted by molar-refractivity contribution is 6.21. The van der Waals surface area contributed by atoms with Gasteiger partial charge in [0.1, 0.15) is 11.6 Å². The van der Waals surface area contributed by atoms with E-state index in [1.54, 1.807) is 4.90 Å². The molecule has 2 aliphatic rings. The van der Waals surface area contributed by atoms with Crippen molar-refractivity contribution in [2.75, 3.05) is 36.4 Å². The number of benzodiazepines with no additional fused rings is 1. The molecule has 1 atom stereocenters. The quantitative estimate of drug-likeness (QED) is 0.476. The lowest BCUT2D eigenvalue weighted by Gasteiger charge is -2.37. The molecule has 0 bridgehead atoms. The summed E-state index contributed by atoms with van der Waals surface area (Å²) >= 11 is 0. The molecule has 2 heterocycles. The summed E-state index contributed by atoms with van der Waals surface area (Å²) in [5.74, 6) is -0.0991. The molecule has 0 spiro atoms. The number of benzene rings is 3. The van der Waals surface area contributed by atoms with E-state index in [9.17, 15) is 9.59 Å². The summed E-state index contributed by atoms with van der Waals surface area (Å²) < 4.78 is 5.56. The van der Waals surface area contributed by atoms with Crippen LogP contribution in [-0.2, 0) is 16.0 Å². The van der Waals surface area contributed by atoms with Gasteiger partial charge in [-0.15, -0.1) is 0 Å². The monoisotopic (exact) mass is 524 g/mol. The number of aliphatic imine (C=N–C) groups is 1. The Morgan fingerprint density at radius 2 is 1.59 bits per heavy atom. The number of hydrogen-bond acceptors (Lipinski definition) is 5. The molecule has 7 nitrogen and oxygen atoms in total. The summed E-state index contributed by atoms with van der Waals surface area (Å²) in [5, 5.41) is 3.24. The van der Waals surface area contributed by atoms with Crippen molar-refractivity contribution in [2.45, 2.75) is 45.3 Å². The van der Waals surface area contributed by atoms with Gasteiger partial charge >= 0.3 is 6.09 Å². The fourth-order valence-electron chi connectivity index (χ4n) is 5.05. The third-order valence-electron chi connectivity index (χ3n) is 7.00. The Labute approximate surface area is 230 Å². The lowest BCUT2D eigenvalue weighted by molar-refractivity contribution is -0.117. The smallest absolute Gasteiger partial charge is 0.410 e. The van der Waals surface area contributed by atoms with Gasteiger partial charge < -0.3 is 19.9 Å². The minimum atomic E-state index is -0.528. The molecule has 0 aliphatic carbocycles. The number of nitrogens with one attached hydrogen (secondary N) is 1. The van der Waals surface area contributed by atoms with E-state index in [4.69, 9.17) is 9.73 Å². The van der Waals surface area contributed by atoms with Crippen molar-refractivity contribution in [3.8, 4) is 0 Å². The fraction of sp³-hybridized carbons (Fsp3) is 0.344. The van der Waals surface area contributed by atoms with Gasteiger partial charge in [0.2, 0.25) is 5.91 Å². The molecule has 1 N–H and O–H groups in total. The molecule has 202 valence electrons. The number of piperazine rings is 1. The number of anilines is 2. The number of fused-ring (bicyclic) bond motifs is 1. The molecule has 7 heteroatoms. The van der Waals surface area contributed by atoms with E-state index in [-0.39, 0.29) is 12.0 Å². The zero-order valence-electron chi connectivity index (χ0n) is 22.9. The summed E-state index contributed by atoms with van der Waals surface area (Å²) in [6, 6.07) is 25.8. The number of amides is 2. The third kappa shape index (κ3) is 6.30. The van der Waals surface area contributed by atoms with Crippen molar-refractivity contribution >= 4 is 29.1 Å². The van der Waals surface area contributed by atoms with Crippen LogP contribution in [0.25, 0.3) is 0 Å². The Bertz CT molecular complexity index is 1340. The van der Waals surface area contributed by atoms with Crippen molar-refractivity contribution in [3.63, 3.8) is 0 Å². The molecular formula is C32H36N4O3. The van der Waals surface area contributed by atoms with Gasteiger partial charge in [-0.3, -0.25) is 9.79 Å². The second-order valence-corrected chi connectivity index (χ2v) is 11.0. The Kier molecular flexibility index (Phi) is 7.68. The number of aryl methyl sites for hydroxylation is 1. The van der Waals surface area contributed by atoms with Crippen molar-refractivity contribution in [1.82, 2.24) is 4.90 Å². The zero-order chi connectivity index (χ0) is 27.4. The number of rotatable bonds is 5. The largest absolute Gasteiger partial charge is 0.444 e. The van der Waals surface area contributed by atoms with Crippen molar-refractivity contribution in [3.05, 3.63) is 95.6 Å². The second-order valence-electron chi connectivity index (χ2n) is 11.0. The molecule has 0 unspecified atom stereocenters. The average molecular weight is 525 g/mol. The predicted molar refractivity (Wildman–Crippen MR) is 156 cm³/mol. The number of carbonyl (C=O) groups excluding carboxylic acids is 2. The molecule has 1 saturated heterocycles. The highest BCUT2D eigenvalue weighted by Gasteiger charge is 2.31. The summed E-state index contributed by atoms with van der Waals surface area (Å²) in [6.45, 7) is 8.01. The van der Waals surface area contributed by atoms with Crippen molar-refractivity contribution in [1.29, 1.82) is 0 Å². The lowest BCUT2D eigenvalue weighted by Crippen LogP contribution is -2.50. The SMILES string of the molecule is CC(C)(C)OC(=O)N1CCN(c2cccc3c2NC(=O)[C@@H](CCc2ccccc2)N=C3c2ccccc2)CC1. The van der Waals surface area contributed by atoms with Gasteiger partial charge in [0.05, 0.1) is 17.1 Å². The maximum Gasteiger partial charge on any atom is 0.410 e. The van der Waals surface area contributed by atoms with E-state index in [0.717, 1.165) is 34.6 Å². The van der Waals surface area contributed by atoms with Gasteiger partial charge in [0.15, 0.2) is 0 Å². The number of para-hydroxylation sites is 1. The minimum Gasteiger partial charge on any atom is -0.444 e. The third-order valence-corrected chi connectivity index (χ3v) is 7.00. The first-order chi connectivity index (χ1) is 18.8. The van der Waals surface area contributed by atoms with E-state index in [1.807, 2.05) is 87.5 Å². The molecule has 0 saturated carbocycles. The van der Waals surface area contributed by atoms with Crippen LogP contribution >= 0.6 is 0 Å². The Morgan fingerprint density at radius 1 is 0.923 bits per heavy atom. The first-order valence-corrected chi connectivity index (χ1v) is 13.6. The van der Waals surface area contributed by atoms with E-state index in [1.165, 1.54) is 5.56 Å². The molecule has 1 fully saturated rings. The van der Waals surface area contributed by atoms with Gasteiger partial charge in [0.25, 0.3) is 0 Å². The molecular weight excluding hydrogens is 488 g/mol. The fourth-order valence-corrected chi connectivity index (χ4v) is 5.05. The van der Waals surface area contributed by atoms with E-state index >= 15 is 0 Å². The topological polar surface area (TPSA) is 74.2 Å². The number of ether oxygens (including phenoxy) is 1. The molecule has 0 aromatic heterocycles. The van der Waals surface area contributed by atoms with E-state index in [0.29, 0.717) is 32.6 Å². The Morgan fingerprint density at radius 3 is 2.26 bits per heavy atom. The number of hydrogen-bond donors (Lipinski definition) is 1. The normalized spacial score (nSPS) is 17.6. The highest BCUT2D eigenvalue weighted by atomic mass is 16.6. The van der Waals surface area contributed by atoms with Crippen LogP contribution < -0.4 is 10.2 Å². The Balaban J connectivity index is 1.42. The summed E-state index contributed by atoms with van der Waals surface area (Å²) in [7, 11) is 0. The molecule has 3 aromatic rings. The van der Waals surface area contributed by atoms with Crippen LogP contribution in [0.4, 0.5) is 16.2 Å². The summed E-state index contributed by atoms with van der Waals surface area (Å²) in [4.78, 5) is 35.2. The van der Waals surface area contributed by atoms with Crippen LogP contribution in [0.2, 0.25) is 0 Å². The van der Waals surface area contributed by atoms with Crippen LogP contribution in [-0.4, -0.2) is 60.4 Å². The van der Waals surface area contributed by atoms with E-state index in [2.05, 4.69) is 22.3 Å². The minimum absolute atomic E-state index is 0.0991. The van der Waals surface area contributed by atoms with Crippen molar-refractivity contribution in [2.24, 2.45) is 4.99 Å². The molecule has 2 amide bonds.